The smallest absolute Gasteiger partial charge is 0.254 e. The molecule has 1 heterocycles. The highest BCUT2D eigenvalue weighted by atomic mass is 19.1. The third-order valence-corrected chi connectivity index (χ3v) is 3.62. The summed E-state index contributed by atoms with van der Waals surface area (Å²) in [6.45, 7) is 1.56. The number of benzene rings is 1. The molecule has 1 aromatic carbocycles. The van der Waals surface area contributed by atoms with Crippen LogP contribution >= 0.6 is 0 Å². The van der Waals surface area contributed by atoms with E-state index < -0.39 is 11.7 Å². The zero-order valence-corrected chi connectivity index (χ0v) is 11.0. The van der Waals surface area contributed by atoms with Crippen LogP contribution in [-0.2, 0) is 0 Å². The summed E-state index contributed by atoms with van der Waals surface area (Å²) in [5.74, 6) is -1.31. The lowest BCUT2D eigenvalue weighted by Crippen LogP contribution is -2.44. The lowest BCUT2D eigenvalue weighted by molar-refractivity contribution is 0.0924. The number of phenolic OH excluding ortho intramolecular Hbond substituents is 1. The van der Waals surface area contributed by atoms with E-state index in [2.05, 4.69) is 10.2 Å². The highest BCUT2D eigenvalue weighted by Crippen LogP contribution is 2.16. The minimum Gasteiger partial charge on any atom is -0.508 e. The second-order valence-corrected chi connectivity index (χ2v) is 5.00. The fraction of sp³-hybridized carbons (Fsp3) is 0.500. The van der Waals surface area contributed by atoms with E-state index in [0.29, 0.717) is 12.6 Å². The Morgan fingerprint density at radius 3 is 3.00 bits per heavy atom. The third kappa shape index (κ3) is 3.44. The molecule has 1 amide bonds. The van der Waals surface area contributed by atoms with E-state index in [1.165, 1.54) is 25.0 Å². The maximum atomic E-state index is 13.5. The minimum absolute atomic E-state index is 0.0312. The summed E-state index contributed by atoms with van der Waals surface area (Å²) in [5, 5.41) is 11.9. The topological polar surface area (TPSA) is 52.6 Å². The zero-order valence-electron chi connectivity index (χ0n) is 11.0. The number of likely N-dealkylation sites (N-methyl/N-ethyl adjacent to an activating group) is 1. The number of amides is 1. The molecule has 1 unspecified atom stereocenters. The summed E-state index contributed by atoms with van der Waals surface area (Å²) >= 11 is 0. The first-order chi connectivity index (χ1) is 9.08. The molecule has 0 spiro atoms. The number of piperidine rings is 1. The van der Waals surface area contributed by atoms with Gasteiger partial charge in [-0.1, -0.05) is 6.42 Å². The number of rotatable bonds is 3. The standard InChI is InChI=1S/C14H19FN2O2/c1-17-7-3-2-4-10(17)9-16-14(19)12-6-5-11(18)8-13(12)15/h5-6,8,10,18H,2-4,7,9H2,1H3,(H,16,19). The Morgan fingerprint density at radius 1 is 1.53 bits per heavy atom. The molecule has 1 atom stereocenters. The van der Waals surface area contributed by atoms with Crippen LogP contribution in [0.5, 0.6) is 5.75 Å². The molecule has 0 bridgehead atoms. The van der Waals surface area contributed by atoms with E-state index in [4.69, 9.17) is 5.11 Å². The van der Waals surface area contributed by atoms with Crippen LogP contribution in [0.3, 0.4) is 0 Å². The molecule has 104 valence electrons. The maximum absolute atomic E-state index is 13.5. The van der Waals surface area contributed by atoms with Crippen molar-refractivity contribution in [2.45, 2.75) is 25.3 Å². The number of nitrogens with zero attached hydrogens (tertiary/aromatic N) is 1. The van der Waals surface area contributed by atoms with E-state index in [1.54, 1.807) is 0 Å². The first-order valence-electron chi connectivity index (χ1n) is 6.55. The molecule has 0 aromatic heterocycles. The molecule has 19 heavy (non-hydrogen) atoms. The van der Waals surface area contributed by atoms with Crippen molar-refractivity contribution in [3.8, 4) is 5.75 Å². The van der Waals surface area contributed by atoms with E-state index in [0.717, 1.165) is 19.0 Å². The summed E-state index contributed by atoms with van der Waals surface area (Å²) < 4.78 is 13.5. The second kappa shape index (κ2) is 6.02. The normalized spacial score (nSPS) is 20.2. The number of phenols is 1. The molecule has 1 aliphatic heterocycles. The third-order valence-electron chi connectivity index (χ3n) is 3.62. The van der Waals surface area contributed by atoms with Crippen molar-refractivity contribution in [2.75, 3.05) is 20.1 Å². The monoisotopic (exact) mass is 266 g/mol. The van der Waals surface area contributed by atoms with E-state index >= 15 is 0 Å². The number of halogens is 1. The summed E-state index contributed by atoms with van der Waals surface area (Å²) in [5.41, 5.74) is -0.0312. The van der Waals surface area contributed by atoms with Crippen molar-refractivity contribution in [1.29, 1.82) is 0 Å². The fourth-order valence-corrected chi connectivity index (χ4v) is 2.40. The highest BCUT2D eigenvalue weighted by Gasteiger charge is 2.20. The average Bonchev–Trinajstić information content (AvgIpc) is 2.37. The van der Waals surface area contributed by atoms with Gasteiger partial charge in [0.2, 0.25) is 0 Å². The van der Waals surface area contributed by atoms with Crippen molar-refractivity contribution < 1.29 is 14.3 Å². The van der Waals surface area contributed by atoms with Gasteiger partial charge in [-0.05, 0) is 38.6 Å². The van der Waals surface area contributed by atoms with Gasteiger partial charge in [0.25, 0.3) is 5.91 Å². The average molecular weight is 266 g/mol. The number of likely N-dealkylation sites (tertiary alicyclic amines) is 1. The fourth-order valence-electron chi connectivity index (χ4n) is 2.40. The van der Waals surface area contributed by atoms with E-state index in [-0.39, 0.29) is 11.3 Å². The Labute approximate surface area is 112 Å². The molecule has 2 rings (SSSR count). The van der Waals surface area contributed by atoms with Crippen molar-refractivity contribution in [1.82, 2.24) is 10.2 Å². The van der Waals surface area contributed by atoms with Gasteiger partial charge in [-0.15, -0.1) is 0 Å². The Morgan fingerprint density at radius 2 is 2.32 bits per heavy atom. The predicted molar refractivity (Wildman–Crippen MR) is 70.7 cm³/mol. The quantitative estimate of drug-likeness (QED) is 0.876. The van der Waals surface area contributed by atoms with Crippen molar-refractivity contribution >= 4 is 5.91 Å². The van der Waals surface area contributed by atoms with Crippen LogP contribution in [-0.4, -0.2) is 42.1 Å². The van der Waals surface area contributed by atoms with E-state index in [1.807, 2.05) is 7.05 Å². The number of carbonyl (C=O) groups is 1. The van der Waals surface area contributed by atoms with Crippen LogP contribution in [0.1, 0.15) is 29.6 Å². The summed E-state index contributed by atoms with van der Waals surface area (Å²) in [6.07, 6.45) is 3.40. The van der Waals surface area contributed by atoms with Gasteiger partial charge < -0.3 is 15.3 Å². The molecule has 0 radical (unpaired) electrons. The number of nitrogens with one attached hydrogen (secondary N) is 1. The number of hydrogen-bond donors (Lipinski definition) is 2. The van der Waals surface area contributed by atoms with Crippen molar-refractivity contribution in [3.05, 3.63) is 29.6 Å². The number of aromatic hydroxyl groups is 1. The Balaban J connectivity index is 1.93. The first-order valence-corrected chi connectivity index (χ1v) is 6.55. The highest BCUT2D eigenvalue weighted by molar-refractivity contribution is 5.94. The van der Waals surface area contributed by atoms with Crippen LogP contribution in [0.2, 0.25) is 0 Å². The molecule has 2 N–H and O–H groups in total. The number of carbonyl (C=O) groups excluding carboxylic acids is 1. The van der Waals surface area contributed by atoms with Gasteiger partial charge in [-0.2, -0.15) is 0 Å². The molecular formula is C14H19FN2O2. The van der Waals surface area contributed by atoms with Crippen LogP contribution in [0.15, 0.2) is 18.2 Å². The molecule has 4 nitrogen and oxygen atoms in total. The van der Waals surface area contributed by atoms with E-state index in [9.17, 15) is 9.18 Å². The van der Waals surface area contributed by atoms with Crippen LogP contribution < -0.4 is 5.32 Å². The van der Waals surface area contributed by atoms with Crippen LogP contribution in [0.25, 0.3) is 0 Å². The Kier molecular flexibility index (Phi) is 4.37. The Bertz CT molecular complexity index is 465. The summed E-state index contributed by atoms with van der Waals surface area (Å²) in [4.78, 5) is 14.1. The molecular weight excluding hydrogens is 247 g/mol. The van der Waals surface area contributed by atoms with Crippen molar-refractivity contribution in [3.63, 3.8) is 0 Å². The van der Waals surface area contributed by atoms with Gasteiger partial charge in [-0.25, -0.2) is 4.39 Å². The summed E-state index contributed by atoms with van der Waals surface area (Å²) in [6, 6.07) is 3.87. The molecule has 0 aliphatic carbocycles. The van der Waals surface area contributed by atoms with Crippen molar-refractivity contribution in [2.24, 2.45) is 0 Å². The molecule has 1 saturated heterocycles. The molecule has 0 saturated carbocycles. The van der Waals surface area contributed by atoms with Crippen LogP contribution in [0.4, 0.5) is 4.39 Å². The largest absolute Gasteiger partial charge is 0.508 e. The lowest BCUT2D eigenvalue weighted by atomic mass is 10.0. The Hall–Kier alpha value is -1.62. The van der Waals surface area contributed by atoms with Gasteiger partial charge >= 0.3 is 0 Å². The van der Waals surface area contributed by atoms with Gasteiger partial charge in [0, 0.05) is 18.7 Å². The molecule has 1 fully saturated rings. The zero-order chi connectivity index (χ0) is 13.8. The second-order valence-electron chi connectivity index (χ2n) is 5.00. The predicted octanol–water partition coefficient (Wildman–Crippen LogP) is 1.75. The SMILES string of the molecule is CN1CCCCC1CNC(=O)c1ccc(O)cc1F. The van der Waals surface area contributed by atoms with Gasteiger partial charge in [0.15, 0.2) is 0 Å². The molecule has 5 heteroatoms. The first kappa shape index (κ1) is 13.8. The molecule has 1 aromatic rings. The minimum atomic E-state index is -0.700. The van der Waals surface area contributed by atoms with Gasteiger partial charge in [-0.3, -0.25) is 4.79 Å². The lowest BCUT2D eigenvalue weighted by Gasteiger charge is -2.32. The van der Waals surface area contributed by atoms with Gasteiger partial charge in [0.1, 0.15) is 11.6 Å². The van der Waals surface area contributed by atoms with Crippen LogP contribution in [0, 0.1) is 5.82 Å². The maximum Gasteiger partial charge on any atom is 0.254 e. The summed E-state index contributed by atoms with van der Waals surface area (Å²) in [7, 11) is 2.04. The molecule has 1 aliphatic rings. The van der Waals surface area contributed by atoms with Gasteiger partial charge in [0.05, 0.1) is 5.56 Å². The number of hydrogen-bond acceptors (Lipinski definition) is 3.